The van der Waals surface area contributed by atoms with Gasteiger partial charge in [-0.05, 0) is 13.3 Å². The van der Waals surface area contributed by atoms with E-state index in [0.717, 1.165) is 6.20 Å². The van der Waals surface area contributed by atoms with E-state index in [1.165, 1.54) is 33.9 Å². The first-order valence-corrected chi connectivity index (χ1v) is 13.4. The Balaban J connectivity index is 1.84. The molecule has 2 N–H and O–H groups in total. The molecule has 2 heterocycles. The summed E-state index contributed by atoms with van der Waals surface area (Å²) in [6, 6.07) is -0.429. The minimum atomic E-state index is -2.50. The average molecular weight is 663 g/mol. The van der Waals surface area contributed by atoms with Crippen LogP contribution in [0.5, 0.6) is 11.5 Å². The number of ether oxygens (including phenoxy) is 5. The number of benzene rings is 1. The monoisotopic (exact) mass is 662 g/mol. The Morgan fingerprint density at radius 1 is 1.04 bits per heavy atom. The van der Waals surface area contributed by atoms with E-state index in [2.05, 4.69) is 15.0 Å². The summed E-state index contributed by atoms with van der Waals surface area (Å²) < 4.78 is 94.0. The summed E-state index contributed by atoms with van der Waals surface area (Å²) in [4.78, 5) is 67.5. The van der Waals surface area contributed by atoms with Crippen LogP contribution in [0.15, 0.2) is 12.3 Å². The molecule has 0 radical (unpaired) electrons. The second kappa shape index (κ2) is 14.8. The number of methoxy groups -OCH3 is 1. The van der Waals surface area contributed by atoms with Gasteiger partial charge in [-0.15, -0.1) is 0 Å². The number of carbonyl (C=O) groups excluding carboxylic acids is 5. The molecule has 0 aliphatic carbocycles. The fourth-order valence-corrected chi connectivity index (χ4v) is 4.09. The highest BCUT2D eigenvalue weighted by Gasteiger charge is 2.42. The van der Waals surface area contributed by atoms with Gasteiger partial charge >= 0.3 is 23.9 Å². The molecule has 1 aliphatic rings. The number of hydrogen-bond donors (Lipinski definition) is 2. The second-order valence-corrected chi connectivity index (χ2v) is 10.0. The van der Waals surface area contributed by atoms with Gasteiger partial charge in [-0.3, -0.25) is 14.4 Å². The Hall–Kier alpha value is -5.03. The highest BCUT2D eigenvalue weighted by atomic mass is 19.2. The summed E-state index contributed by atoms with van der Waals surface area (Å²) in [5.74, 6) is -21.6. The lowest BCUT2D eigenvalue weighted by atomic mass is 9.94. The zero-order chi connectivity index (χ0) is 34.5. The van der Waals surface area contributed by atoms with Gasteiger partial charge < -0.3 is 34.1 Å². The molecular formula is C28H27F5N2O11. The molecule has 0 saturated carbocycles. The Morgan fingerprint density at radius 2 is 1.65 bits per heavy atom. The zero-order valence-electron chi connectivity index (χ0n) is 24.5. The maximum atomic E-state index is 14.0. The number of cyclic esters (lactones) is 2. The van der Waals surface area contributed by atoms with Gasteiger partial charge in [0, 0.05) is 12.3 Å². The maximum absolute atomic E-state index is 14.0. The Labute approximate surface area is 256 Å². The fourth-order valence-electron chi connectivity index (χ4n) is 4.09. The lowest BCUT2D eigenvalue weighted by Gasteiger charge is -2.29. The number of aromatic hydroxyl groups is 1. The van der Waals surface area contributed by atoms with Gasteiger partial charge in [0.1, 0.15) is 24.2 Å². The molecule has 1 aromatic carbocycles. The molecule has 2 aromatic rings. The van der Waals surface area contributed by atoms with Crippen LogP contribution in [0.25, 0.3) is 0 Å². The van der Waals surface area contributed by atoms with E-state index in [9.17, 15) is 51.0 Å². The molecule has 1 saturated heterocycles. The van der Waals surface area contributed by atoms with Gasteiger partial charge in [-0.2, -0.15) is 0 Å². The number of nitrogens with one attached hydrogen (secondary N) is 1. The second-order valence-electron chi connectivity index (χ2n) is 10.0. The van der Waals surface area contributed by atoms with Crippen molar-refractivity contribution < 1.29 is 74.7 Å². The number of pyridine rings is 1. The Kier molecular flexibility index (Phi) is 11.4. The van der Waals surface area contributed by atoms with Gasteiger partial charge in [0.25, 0.3) is 5.91 Å². The van der Waals surface area contributed by atoms with Crippen LogP contribution in [0.3, 0.4) is 0 Å². The van der Waals surface area contributed by atoms with E-state index in [1.54, 1.807) is 0 Å². The van der Waals surface area contributed by atoms with Crippen molar-refractivity contribution in [3.63, 3.8) is 0 Å². The molecule has 1 aliphatic heterocycles. The van der Waals surface area contributed by atoms with Gasteiger partial charge in [-0.25, -0.2) is 36.5 Å². The van der Waals surface area contributed by atoms with E-state index in [4.69, 9.17) is 18.9 Å². The number of carbonyl (C=O) groups is 5. The number of esters is 4. The van der Waals surface area contributed by atoms with Crippen molar-refractivity contribution in [1.82, 2.24) is 10.3 Å². The van der Waals surface area contributed by atoms with E-state index < -0.39 is 126 Å². The van der Waals surface area contributed by atoms with Crippen molar-refractivity contribution in [2.75, 3.05) is 20.3 Å². The van der Waals surface area contributed by atoms with Crippen molar-refractivity contribution in [3.05, 3.63) is 52.6 Å². The summed E-state index contributed by atoms with van der Waals surface area (Å²) >= 11 is 0. The van der Waals surface area contributed by atoms with Crippen LogP contribution in [0.2, 0.25) is 0 Å². The third-order valence-corrected chi connectivity index (χ3v) is 6.57. The molecule has 250 valence electrons. The number of aromatic nitrogens is 1. The summed E-state index contributed by atoms with van der Waals surface area (Å²) in [7, 11) is 1.21. The lowest BCUT2D eigenvalue weighted by Crippen LogP contribution is -2.46. The molecule has 1 fully saturated rings. The summed E-state index contributed by atoms with van der Waals surface area (Å²) in [6.45, 7) is 2.35. The van der Waals surface area contributed by atoms with E-state index in [-0.39, 0.29) is 5.75 Å². The van der Waals surface area contributed by atoms with Crippen molar-refractivity contribution in [2.24, 2.45) is 11.8 Å². The molecule has 3 rings (SSSR count). The highest BCUT2D eigenvalue weighted by Crippen LogP contribution is 2.29. The van der Waals surface area contributed by atoms with Crippen molar-refractivity contribution >= 4 is 29.8 Å². The Morgan fingerprint density at radius 3 is 2.24 bits per heavy atom. The van der Waals surface area contributed by atoms with E-state index >= 15 is 0 Å². The number of rotatable bonds is 9. The molecular weight excluding hydrogens is 635 g/mol. The fraction of sp³-hybridized carbons (Fsp3) is 0.429. The molecule has 0 unspecified atom stereocenters. The normalized spacial score (nSPS) is 20.0. The van der Waals surface area contributed by atoms with Crippen molar-refractivity contribution in [2.45, 2.75) is 45.4 Å². The van der Waals surface area contributed by atoms with Crippen molar-refractivity contribution in [3.8, 4) is 11.5 Å². The first-order chi connectivity index (χ1) is 21.6. The average Bonchev–Trinajstić information content (AvgIpc) is 3.04. The van der Waals surface area contributed by atoms with Crippen molar-refractivity contribution in [1.29, 1.82) is 0 Å². The molecule has 13 nitrogen and oxygen atoms in total. The zero-order valence-corrected chi connectivity index (χ0v) is 24.5. The Bertz CT molecular complexity index is 1510. The van der Waals surface area contributed by atoms with Crippen LogP contribution in [0, 0.1) is 40.9 Å². The van der Waals surface area contributed by atoms with Gasteiger partial charge in [0.15, 0.2) is 52.6 Å². The minimum Gasteiger partial charge on any atom is -0.503 e. The molecule has 46 heavy (non-hydrogen) atoms. The standard InChI is InChI=1S/C28H27F5N2O11/c1-10(2)25(38)46-23-11(3)45-27(40)13(35-24(37)21-22(36)14(42-4)5-7-34-21)9-44-26(39)12(23)6-8-43-28(41)15-16(29)18(31)20(33)19(32)17(15)30/h5,7,10-13,23,36H,6,8-9H2,1-4H3,(H,35,37)/t11-,12+,13-,23-/m0/s1. The summed E-state index contributed by atoms with van der Waals surface area (Å²) in [6.07, 6.45) is -2.54. The molecule has 0 spiro atoms. The first kappa shape index (κ1) is 35.4. The highest BCUT2D eigenvalue weighted by molar-refractivity contribution is 5.98. The van der Waals surface area contributed by atoms with Gasteiger partial charge in [0.2, 0.25) is 5.82 Å². The SMILES string of the molecule is COc1ccnc(C(=O)N[C@H]2COC(=O)[C@H](CCOC(=O)c3c(F)c(F)c(F)c(F)c3F)[C@@H](OC(=O)C(C)C)[C@H](C)OC2=O)c1O. The molecule has 0 bridgehead atoms. The van der Waals surface area contributed by atoms with Gasteiger partial charge in [0.05, 0.1) is 19.6 Å². The smallest absolute Gasteiger partial charge is 0.344 e. The molecule has 18 heteroatoms. The topological polar surface area (TPSA) is 177 Å². The lowest BCUT2D eigenvalue weighted by molar-refractivity contribution is -0.177. The van der Waals surface area contributed by atoms with Crippen LogP contribution in [-0.2, 0) is 33.3 Å². The van der Waals surface area contributed by atoms with E-state index in [1.807, 2.05) is 0 Å². The quantitative estimate of drug-likeness (QED) is 0.132. The van der Waals surface area contributed by atoms with Crippen LogP contribution in [0.1, 0.15) is 48.0 Å². The number of amides is 1. The molecule has 1 aromatic heterocycles. The summed E-state index contributed by atoms with van der Waals surface area (Å²) in [5, 5.41) is 12.4. The predicted octanol–water partition coefficient (Wildman–Crippen LogP) is 2.51. The predicted molar refractivity (Wildman–Crippen MR) is 140 cm³/mol. The minimum absolute atomic E-state index is 0.115. The number of halogens is 5. The molecule has 4 atom stereocenters. The number of hydrogen-bond acceptors (Lipinski definition) is 12. The van der Waals surface area contributed by atoms with E-state index in [0.29, 0.717) is 0 Å². The number of nitrogens with zero attached hydrogens (tertiary/aromatic N) is 1. The maximum Gasteiger partial charge on any atom is 0.344 e. The third-order valence-electron chi connectivity index (χ3n) is 6.57. The first-order valence-electron chi connectivity index (χ1n) is 13.4. The largest absolute Gasteiger partial charge is 0.503 e. The summed E-state index contributed by atoms with van der Waals surface area (Å²) in [5.41, 5.74) is -2.43. The van der Waals surface area contributed by atoms with Crippen LogP contribution >= 0.6 is 0 Å². The third kappa shape index (κ3) is 7.60. The van der Waals surface area contributed by atoms with Crippen LogP contribution in [0.4, 0.5) is 22.0 Å². The molecule has 1 amide bonds. The van der Waals surface area contributed by atoms with Crippen LogP contribution < -0.4 is 10.1 Å². The van der Waals surface area contributed by atoms with Crippen LogP contribution in [-0.4, -0.2) is 78.4 Å². The van der Waals surface area contributed by atoms with Gasteiger partial charge in [-0.1, -0.05) is 13.8 Å².